The third-order valence-electron chi connectivity index (χ3n) is 3.95. The zero-order chi connectivity index (χ0) is 12.3. The summed E-state index contributed by atoms with van der Waals surface area (Å²) in [6.45, 7) is 2.43. The van der Waals surface area contributed by atoms with Crippen LogP contribution in [-0.2, 0) is 14.4 Å². The van der Waals surface area contributed by atoms with Gasteiger partial charge < -0.3 is 0 Å². The van der Waals surface area contributed by atoms with E-state index in [1.54, 1.807) is 0 Å². The monoisotopic (exact) mass is 230 g/mol. The molecule has 0 amide bonds. The second kappa shape index (κ2) is 2.96. The fourth-order valence-electron chi connectivity index (χ4n) is 2.67. The number of fused-ring (bicyclic) bond motifs is 1. The topological polar surface area (TPSA) is 51.2 Å². The molecule has 2 fully saturated rings. The van der Waals surface area contributed by atoms with Gasteiger partial charge in [-0.05, 0) is 6.42 Å². The molecule has 2 aliphatic rings. The van der Waals surface area contributed by atoms with Crippen molar-refractivity contribution < 1.29 is 23.2 Å². The summed E-state index contributed by atoms with van der Waals surface area (Å²) in [6, 6.07) is 0. The minimum atomic E-state index is -2.87. The summed E-state index contributed by atoms with van der Waals surface area (Å²) >= 11 is 0. The van der Waals surface area contributed by atoms with E-state index in [9.17, 15) is 23.2 Å². The fourth-order valence-corrected chi connectivity index (χ4v) is 2.67. The normalized spacial score (nSPS) is 40.1. The Hall–Kier alpha value is -1.13. The van der Waals surface area contributed by atoms with Crippen LogP contribution in [0.4, 0.5) is 8.78 Å². The van der Waals surface area contributed by atoms with Gasteiger partial charge in [0, 0.05) is 24.7 Å². The van der Waals surface area contributed by atoms with E-state index in [-0.39, 0.29) is 12.8 Å². The van der Waals surface area contributed by atoms with Crippen molar-refractivity contribution in [1.29, 1.82) is 0 Å². The van der Waals surface area contributed by atoms with Crippen molar-refractivity contribution in [1.82, 2.24) is 0 Å². The Balaban J connectivity index is 2.21. The molecule has 3 atom stereocenters. The van der Waals surface area contributed by atoms with E-state index < -0.39 is 40.5 Å². The van der Waals surface area contributed by atoms with Gasteiger partial charge in [-0.3, -0.25) is 14.4 Å². The lowest BCUT2D eigenvalue weighted by Gasteiger charge is -2.20. The zero-order valence-electron chi connectivity index (χ0n) is 9.05. The SMILES string of the molecule is CC(=O)C(=O)C1CC2C(F)(F)C2(C)CC1=O. The number of Topliss-reactive ketones (excluding diaryl/α,β-unsaturated/α-hetero) is 3. The van der Waals surface area contributed by atoms with Gasteiger partial charge >= 0.3 is 0 Å². The fraction of sp³-hybridized carbons (Fsp3) is 0.727. The molecule has 5 heteroatoms. The molecule has 0 spiro atoms. The number of hydrogen-bond acceptors (Lipinski definition) is 3. The molecule has 16 heavy (non-hydrogen) atoms. The van der Waals surface area contributed by atoms with Gasteiger partial charge in [-0.2, -0.15) is 0 Å². The van der Waals surface area contributed by atoms with Crippen molar-refractivity contribution in [2.45, 2.75) is 32.6 Å². The van der Waals surface area contributed by atoms with E-state index in [1.807, 2.05) is 0 Å². The highest BCUT2D eigenvalue weighted by Crippen LogP contribution is 2.71. The third kappa shape index (κ3) is 1.20. The van der Waals surface area contributed by atoms with Crippen molar-refractivity contribution in [2.24, 2.45) is 17.3 Å². The molecule has 0 saturated heterocycles. The quantitative estimate of drug-likeness (QED) is 0.532. The van der Waals surface area contributed by atoms with E-state index >= 15 is 0 Å². The summed E-state index contributed by atoms with van der Waals surface area (Å²) < 4.78 is 26.7. The van der Waals surface area contributed by atoms with Crippen molar-refractivity contribution in [2.75, 3.05) is 0 Å². The second-order valence-electron chi connectivity index (χ2n) is 4.94. The average Bonchev–Trinajstić information content (AvgIpc) is 2.57. The van der Waals surface area contributed by atoms with E-state index in [4.69, 9.17) is 0 Å². The van der Waals surface area contributed by atoms with Gasteiger partial charge in [-0.1, -0.05) is 6.92 Å². The Labute approximate surface area is 91.2 Å². The summed E-state index contributed by atoms with van der Waals surface area (Å²) in [4.78, 5) is 33.8. The number of carbonyl (C=O) groups is 3. The molecule has 0 aromatic carbocycles. The lowest BCUT2D eigenvalue weighted by molar-refractivity contribution is -0.143. The van der Waals surface area contributed by atoms with Crippen LogP contribution in [-0.4, -0.2) is 23.3 Å². The average molecular weight is 230 g/mol. The highest BCUT2D eigenvalue weighted by Gasteiger charge is 2.80. The molecule has 0 heterocycles. The minimum absolute atomic E-state index is 0.180. The lowest BCUT2D eigenvalue weighted by atomic mass is 9.79. The van der Waals surface area contributed by atoms with Gasteiger partial charge in [0.2, 0.25) is 5.78 Å². The molecule has 0 aliphatic heterocycles. The Morgan fingerprint density at radius 3 is 2.44 bits per heavy atom. The van der Waals surface area contributed by atoms with E-state index in [0.29, 0.717) is 0 Å². The summed E-state index contributed by atoms with van der Waals surface area (Å²) in [5, 5.41) is 0. The van der Waals surface area contributed by atoms with Gasteiger partial charge in [0.05, 0.1) is 5.92 Å². The Morgan fingerprint density at radius 2 is 1.94 bits per heavy atom. The molecular weight excluding hydrogens is 218 g/mol. The Bertz CT molecular complexity index is 402. The predicted octanol–water partition coefficient (Wildman–Crippen LogP) is 1.40. The summed E-state index contributed by atoms with van der Waals surface area (Å²) in [5.74, 6) is -7.00. The molecule has 2 saturated carbocycles. The first-order valence-corrected chi connectivity index (χ1v) is 5.17. The highest BCUT2D eigenvalue weighted by molar-refractivity contribution is 6.40. The lowest BCUT2D eigenvalue weighted by Crippen LogP contribution is -2.34. The molecular formula is C11H12F2O3. The van der Waals surface area contributed by atoms with E-state index in [2.05, 4.69) is 0 Å². The smallest absolute Gasteiger partial charge is 0.257 e. The molecule has 2 aliphatic carbocycles. The van der Waals surface area contributed by atoms with Crippen molar-refractivity contribution in [3.63, 3.8) is 0 Å². The zero-order valence-corrected chi connectivity index (χ0v) is 9.05. The first kappa shape index (κ1) is 11.4. The maximum atomic E-state index is 13.3. The minimum Gasteiger partial charge on any atom is -0.299 e. The number of alkyl halides is 2. The van der Waals surface area contributed by atoms with Crippen LogP contribution >= 0.6 is 0 Å². The van der Waals surface area contributed by atoms with Crippen LogP contribution < -0.4 is 0 Å². The summed E-state index contributed by atoms with van der Waals surface area (Å²) in [7, 11) is 0. The van der Waals surface area contributed by atoms with Crippen molar-refractivity contribution in [3.8, 4) is 0 Å². The summed E-state index contributed by atoms with van der Waals surface area (Å²) in [5.41, 5.74) is -1.28. The molecule has 3 nitrogen and oxygen atoms in total. The number of ketones is 3. The number of hydrogen-bond donors (Lipinski definition) is 0. The van der Waals surface area contributed by atoms with Crippen LogP contribution in [0.15, 0.2) is 0 Å². The molecule has 88 valence electrons. The van der Waals surface area contributed by atoms with Crippen LogP contribution in [0.1, 0.15) is 26.7 Å². The molecule has 0 aromatic rings. The largest absolute Gasteiger partial charge is 0.299 e. The second-order valence-corrected chi connectivity index (χ2v) is 4.94. The first-order valence-electron chi connectivity index (χ1n) is 5.17. The molecule has 0 aromatic heterocycles. The van der Waals surface area contributed by atoms with Gasteiger partial charge in [-0.15, -0.1) is 0 Å². The molecule has 3 unspecified atom stereocenters. The van der Waals surface area contributed by atoms with E-state index in [1.165, 1.54) is 6.92 Å². The van der Waals surface area contributed by atoms with Crippen LogP contribution in [0, 0.1) is 17.3 Å². The van der Waals surface area contributed by atoms with Crippen LogP contribution in [0.3, 0.4) is 0 Å². The van der Waals surface area contributed by atoms with Gasteiger partial charge in [0.15, 0.2) is 5.78 Å². The van der Waals surface area contributed by atoms with Crippen molar-refractivity contribution >= 4 is 17.3 Å². The molecule has 2 rings (SSSR count). The Morgan fingerprint density at radius 1 is 1.38 bits per heavy atom. The van der Waals surface area contributed by atoms with E-state index in [0.717, 1.165) is 6.92 Å². The van der Waals surface area contributed by atoms with Crippen LogP contribution in [0.5, 0.6) is 0 Å². The molecule has 0 radical (unpaired) electrons. The Kier molecular flexibility index (Phi) is 2.10. The predicted molar refractivity (Wildman–Crippen MR) is 50.0 cm³/mol. The first-order chi connectivity index (χ1) is 7.22. The maximum Gasteiger partial charge on any atom is 0.257 e. The van der Waals surface area contributed by atoms with Crippen LogP contribution in [0.25, 0.3) is 0 Å². The third-order valence-corrected chi connectivity index (χ3v) is 3.95. The van der Waals surface area contributed by atoms with Crippen LogP contribution in [0.2, 0.25) is 0 Å². The number of halogens is 2. The summed E-state index contributed by atoms with van der Waals surface area (Å²) in [6.07, 6.45) is -0.477. The number of carbonyl (C=O) groups excluding carboxylic acids is 3. The standard InChI is InChI=1S/C11H12F2O3/c1-5(14)9(16)6-3-8-10(2,4-7(6)15)11(8,12)13/h6,8H,3-4H2,1-2H3. The van der Waals surface area contributed by atoms with Gasteiger partial charge in [0.1, 0.15) is 5.78 Å². The maximum absolute atomic E-state index is 13.3. The highest BCUT2D eigenvalue weighted by atomic mass is 19.3. The number of rotatable bonds is 2. The molecule has 0 bridgehead atoms. The van der Waals surface area contributed by atoms with Crippen molar-refractivity contribution in [3.05, 3.63) is 0 Å². The van der Waals surface area contributed by atoms with Gasteiger partial charge in [0.25, 0.3) is 5.92 Å². The molecule has 0 N–H and O–H groups in total. The van der Waals surface area contributed by atoms with Gasteiger partial charge in [-0.25, -0.2) is 8.78 Å².